The first kappa shape index (κ1) is 12.4. The summed E-state index contributed by atoms with van der Waals surface area (Å²) in [7, 11) is 0. The second-order valence-corrected chi connectivity index (χ2v) is 2.98. The summed E-state index contributed by atoms with van der Waals surface area (Å²) >= 11 is 0. The van der Waals surface area contributed by atoms with Crippen LogP contribution in [0.1, 0.15) is 20.8 Å². The lowest BCUT2D eigenvalue weighted by atomic mass is 10.1. The summed E-state index contributed by atoms with van der Waals surface area (Å²) in [6.45, 7) is 13.2. The van der Waals surface area contributed by atoms with Crippen LogP contribution in [0.2, 0.25) is 0 Å². The molecule has 76 valence electrons. The van der Waals surface area contributed by atoms with Gasteiger partial charge in [0.1, 0.15) is 0 Å². The smallest absolute Gasteiger partial charge is 0.0613 e. The maximum atomic E-state index is 5.42. The summed E-state index contributed by atoms with van der Waals surface area (Å²) in [5.41, 5.74) is 8.92. The van der Waals surface area contributed by atoms with Gasteiger partial charge in [0.05, 0.1) is 5.70 Å². The lowest BCUT2D eigenvalue weighted by Crippen LogP contribution is -1.99. The van der Waals surface area contributed by atoms with Gasteiger partial charge in [0.15, 0.2) is 0 Å². The third kappa shape index (κ3) is 3.44. The van der Waals surface area contributed by atoms with Crippen LogP contribution in [0.5, 0.6) is 0 Å². The van der Waals surface area contributed by atoms with Crippen LogP contribution >= 0.6 is 0 Å². The summed E-state index contributed by atoms with van der Waals surface area (Å²) in [6, 6.07) is 0. The van der Waals surface area contributed by atoms with Crippen LogP contribution in [-0.4, -0.2) is 5.71 Å². The standard InChI is InChI=1S/C12H18N2/c1-6-11(8-13)10(5)14-12(7-2)9(3)4/h6-8H,1,3,13H2,2,4-5H3/b11-8+,12-7-,14-10-. The number of allylic oxidation sites excluding steroid dienone is 4. The fraction of sp³-hybridized carbons (Fsp3) is 0.250. The molecule has 0 saturated carbocycles. The lowest BCUT2D eigenvalue weighted by molar-refractivity contribution is 1.27. The highest BCUT2D eigenvalue weighted by molar-refractivity contribution is 6.01. The first-order valence-electron chi connectivity index (χ1n) is 4.49. The highest BCUT2D eigenvalue weighted by Gasteiger charge is 1.98. The van der Waals surface area contributed by atoms with Gasteiger partial charge in [-0.15, -0.1) is 0 Å². The van der Waals surface area contributed by atoms with E-state index in [0.29, 0.717) is 0 Å². The molecule has 0 aromatic carbocycles. The molecule has 0 aromatic heterocycles. The Kier molecular flexibility index (Phi) is 5.30. The van der Waals surface area contributed by atoms with Crippen molar-refractivity contribution in [1.29, 1.82) is 0 Å². The van der Waals surface area contributed by atoms with Crippen LogP contribution in [0.25, 0.3) is 0 Å². The minimum absolute atomic E-state index is 0.839. The van der Waals surface area contributed by atoms with Crippen molar-refractivity contribution in [2.75, 3.05) is 0 Å². The Hall–Kier alpha value is -1.57. The van der Waals surface area contributed by atoms with Gasteiger partial charge in [-0.25, -0.2) is 0 Å². The predicted molar refractivity (Wildman–Crippen MR) is 64.1 cm³/mol. The molecular formula is C12H18N2. The Morgan fingerprint density at radius 2 is 1.93 bits per heavy atom. The first-order valence-corrected chi connectivity index (χ1v) is 4.49. The van der Waals surface area contributed by atoms with E-state index in [1.165, 1.54) is 6.20 Å². The molecule has 2 nitrogen and oxygen atoms in total. The monoisotopic (exact) mass is 190 g/mol. The zero-order valence-corrected chi connectivity index (χ0v) is 9.17. The zero-order valence-electron chi connectivity index (χ0n) is 9.17. The Balaban J connectivity index is 5.00. The van der Waals surface area contributed by atoms with Crippen molar-refractivity contribution in [3.8, 4) is 0 Å². The Morgan fingerprint density at radius 1 is 1.36 bits per heavy atom. The molecule has 0 amide bonds. The highest BCUT2D eigenvalue weighted by Crippen LogP contribution is 2.10. The average molecular weight is 190 g/mol. The van der Waals surface area contributed by atoms with Crippen LogP contribution in [-0.2, 0) is 0 Å². The summed E-state index contributed by atoms with van der Waals surface area (Å²) in [6.07, 6.45) is 5.10. The molecule has 0 aliphatic heterocycles. The second-order valence-electron chi connectivity index (χ2n) is 2.98. The van der Waals surface area contributed by atoms with E-state index in [2.05, 4.69) is 18.2 Å². The van der Waals surface area contributed by atoms with E-state index >= 15 is 0 Å². The minimum Gasteiger partial charge on any atom is -0.404 e. The topological polar surface area (TPSA) is 38.4 Å². The molecule has 0 atom stereocenters. The van der Waals surface area contributed by atoms with E-state index in [1.807, 2.05) is 26.8 Å². The van der Waals surface area contributed by atoms with E-state index in [9.17, 15) is 0 Å². The van der Waals surface area contributed by atoms with Gasteiger partial charge in [-0.2, -0.15) is 0 Å². The van der Waals surface area contributed by atoms with E-state index in [1.54, 1.807) is 6.08 Å². The maximum Gasteiger partial charge on any atom is 0.0613 e. The molecule has 0 radical (unpaired) electrons. The fourth-order valence-electron chi connectivity index (χ4n) is 0.988. The van der Waals surface area contributed by atoms with Crippen LogP contribution in [0.3, 0.4) is 0 Å². The number of nitrogens with two attached hydrogens (primary N) is 1. The molecule has 0 fully saturated rings. The Labute approximate surface area is 86.2 Å². The van der Waals surface area contributed by atoms with Gasteiger partial charge in [0.2, 0.25) is 0 Å². The molecule has 0 bridgehead atoms. The Morgan fingerprint density at radius 3 is 2.21 bits per heavy atom. The number of rotatable bonds is 4. The first-order chi connectivity index (χ1) is 6.56. The molecular weight excluding hydrogens is 172 g/mol. The summed E-state index contributed by atoms with van der Waals surface area (Å²) in [4.78, 5) is 4.40. The minimum atomic E-state index is 0.839. The van der Waals surface area contributed by atoms with Gasteiger partial charge >= 0.3 is 0 Å². The van der Waals surface area contributed by atoms with Crippen molar-refractivity contribution in [2.24, 2.45) is 10.7 Å². The maximum absolute atomic E-state index is 5.42. The van der Waals surface area contributed by atoms with E-state index in [-0.39, 0.29) is 0 Å². The van der Waals surface area contributed by atoms with Crippen molar-refractivity contribution in [1.82, 2.24) is 0 Å². The molecule has 2 N–H and O–H groups in total. The second kappa shape index (κ2) is 5.97. The van der Waals surface area contributed by atoms with Crippen LogP contribution in [0.15, 0.2) is 53.3 Å². The summed E-state index contributed by atoms with van der Waals surface area (Å²) < 4.78 is 0. The van der Waals surface area contributed by atoms with E-state index < -0.39 is 0 Å². The van der Waals surface area contributed by atoms with Crippen molar-refractivity contribution in [2.45, 2.75) is 20.8 Å². The summed E-state index contributed by atoms with van der Waals surface area (Å²) in [5.74, 6) is 0. The number of aliphatic imine (C=N–C) groups is 1. The van der Waals surface area contributed by atoms with Gasteiger partial charge in [-0.05, 0) is 26.3 Å². The molecule has 0 spiro atoms. The van der Waals surface area contributed by atoms with Gasteiger partial charge < -0.3 is 5.73 Å². The lowest BCUT2D eigenvalue weighted by Gasteiger charge is -2.03. The number of hydrogen-bond donors (Lipinski definition) is 1. The molecule has 0 aliphatic carbocycles. The normalized spacial score (nSPS) is 14.1. The van der Waals surface area contributed by atoms with Crippen molar-refractivity contribution >= 4 is 5.71 Å². The molecule has 0 aliphatic rings. The van der Waals surface area contributed by atoms with Gasteiger partial charge in [0.25, 0.3) is 0 Å². The Bertz CT molecular complexity index is 317. The van der Waals surface area contributed by atoms with Gasteiger partial charge in [-0.3, -0.25) is 4.99 Å². The molecule has 0 rings (SSSR count). The van der Waals surface area contributed by atoms with Crippen LogP contribution < -0.4 is 5.73 Å². The third-order valence-electron chi connectivity index (χ3n) is 1.82. The van der Waals surface area contributed by atoms with Crippen molar-refractivity contribution in [3.63, 3.8) is 0 Å². The van der Waals surface area contributed by atoms with E-state index in [4.69, 9.17) is 5.73 Å². The van der Waals surface area contributed by atoms with Gasteiger partial charge in [-0.1, -0.05) is 25.3 Å². The molecule has 14 heavy (non-hydrogen) atoms. The molecule has 0 heterocycles. The predicted octanol–water partition coefficient (Wildman–Crippen LogP) is 2.96. The average Bonchev–Trinajstić information content (AvgIpc) is 2.15. The van der Waals surface area contributed by atoms with E-state index in [0.717, 1.165) is 22.6 Å². The van der Waals surface area contributed by atoms with Crippen LogP contribution in [0, 0.1) is 0 Å². The molecule has 2 heteroatoms. The zero-order chi connectivity index (χ0) is 11.1. The molecule has 0 unspecified atom stereocenters. The van der Waals surface area contributed by atoms with Crippen molar-refractivity contribution in [3.05, 3.63) is 48.4 Å². The number of nitrogens with zero attached hydrogens (tertiary/aromatic N) is 1. The third-order valence-corrected chi connectivity index (χ3v) is 1.82. The quantitative estimate of drug-likeness (QED) is 0.537. The summed E-state index contributed by atoms with van der Waals surface area (Å²) in [5, 5.41) is 0. The fourth-order valence-corrected chi connectivity index (χ4v) is 0.988. The number of hydrogen-bond acceptors (Lipinski definition) is 2. The van der Waals surface area contributed by atoms with Crippen LogP contribution in [0.4, 0.5) is 0 Å². The molecule has 0 aromatic rings. The largest absolute Gasteiger partial charge is 0.404 e. The highest BCUT2D eigenvalue weighted by atomic mass is 14.8. The molecule has 0 saturated heterocycles. The van der Waals surface area contributed by atoms with Gasteiger partial charge in [0, 0.05) is 17.5 Å². The SMILES string of the molecule is C=CC(=C\N)/C(C)=N\C(=C/C)C(=C)C. The van der Waals surface area contributed by atoms with Crippen molar-refractivity contribution < 1.29 is 0 Å².